The number of fused-ring (bicyclic) bond motifs is 2. The maximum Gasteiger partial charge on any atom is 0.254 e. The summed E-state index contributed by atoms with van der Waals surface area (Å²) in [5, 5.41) is 2.69. The Morgan fingerprint density at radius 1 is 1.21 bits per heavy atom. The zero-order valence-corrected chi connectivity index (χ0v) is 19.1. The molecule has 1 aromatic carbocycles. The third kappa shape index (κ3) is 4.06. The number of nitrogens with one attached hydrogen (secondary N) is 2. The molecule has 0 spiro atoms. The Morgan fingerprint density at radius 3 is 2.79 bits per heavy atom. The minimum absolute atomic E-state index is 0.0310. The van der Waals surface area contributed by atoms with Gasteiger partial charge in [0.25, 0.3) is 11.5 Å². The van der Waals surface area contributed by atoms with Crippen LogP contribution in [-0.2, 0) is 19.4 Å². The molecule has 2 N–H and O–H groups in total. The van der Waals surface area contributed by atoms with Crippen LogP contribution >= 0.6 is 0 Å². The highest BCUT2D eigenvalue weighted by Crippen LogP contribution is 2.37. The number of pyridine rings is 2. The van der Waals surface area contributed by atoms with Gasteiger partial charge >= 0.3 is 0 Å². The maximum absolute atomic E-state index is 12.2. The summed E-state index contributed by atoms with van der Waals surface area (Å²) in [6.45, 7) is 7.06. The van der Waals surface area contributed by atoms with Gasteiger partial charge in [-0.25, -0.2) is 0 Å². The molecule has 172 valence electrons. The topological polar surface area (TPSA) is 90.6 Å². The van der Waals surface area contributed by atoms with Crippen molar-refractivity contribution in [3.05, 3.63) is 63.1 Å². The predicted molar refractivity (Wildman–Crippen MR) is 128 cm³/mol. The molecular formula is C25H29N5O3. The number of carbonyl (C=O) groups is 1. The van der Waals surface area contributed by atoms with Gasteiger partial charge in [0.1, 0.15) is 5.75 Å². The maximum atomic E-state index is 12.2. The summed E-state index contributed by atoms with van der Waals surface area (Å²) in [5.41, 5.74) is 6.37. The Balaban J connectivity index is 1.28. The number of piperazine rings is 1. The van der Waals surface area contributed by atoms with Crippen molar-refractivity contribution < 1.29 is 9.53 Å². The molecule has 2 aromatic heterocycles. The van der Waals surface area contributed by atoms with E-state index in [-0.39, 0.29) is 11.5 Å². The average Bonchev–Trinajstić information content (AvgIpc) is 3.33. The van der Waals surface area contributed by atoms with Crippen LogP contribution in [0.5, 0.6) is 5.75 Å². The van der Waals surface area contributed by atoms with E-state index in [0.29, 0.717) is 18.6 Å². The Labute approximate surface area is 192 Å². The van der Waals surface area contributed by atoms with Crippen LogP contribution in [0.25, 0.3) is 11.0 Å². The molecule has 8 heteroatoms. The number of aryl methyl sites for hydroxylation is 1. The van der Waals surface area contributed by atoms with Crippen molar-refractivity contribution >= 4 is 22.6 Å². The molecule has 4 heterocycles. The van der Waals surface area contributed by atoms with Crippen LogP contribution in [0.15, 0.2) is 35.3 Å². The summed E-state index contributed by atoms with van der Waals surface area (Å²) in [5.74, 6) is 0.623. The first-order chi connectivity index (χ1) is 16.1. The summed E-state index contributed by atoms with van der Waals surface area (Å²) in [6, 6.07) is 7.85. The number of aromatic amines is 1. The molecule has 8 nitrogen and oxygen atoms in total. The van der Waals surface area contributed by atoms with Gasteiger partial charge in [-0.2, -0.15) is 0 Å². The summed E-state index contributed by atoms with van der Waals surface area (Å²) < 4.78 is 5.81. The number of anilines is 1. The van der Waals surface area contributed by atoms with Gasteiger partial charge in [0.15, 0.2) is 0 Å². The van der Waals surface area contributed by atoms with Crippen LogP contribution in [0.2, 0.25) is 0 Å². The lowest BCUT2D eigenvalue weighted by atomic mass is 10.0. The van der Waals surface area contributed by atoms with Crippen molar-refractivity contribution in [2.75, 3.05) is 44.7 Å². The van der Waals surface area contributed by atoms with Gasteiger partial charge in [-0.1, -0.05) is 6.92 Å². The number of aromatic nitrogens is 2. The number of nitrogens with zero attached hydrogens (tertiary/aromatic N) is 3. The molecule has 0 unspecified atom stereocenters. The van der Waals surface area contributed by atoms with Crippen LogP contribution < -0.4 is 20.5 Å². The van der Waals surface area contributed by atoms with E-state index in [1.807, 2.05) is 31.3 Å². The third-order valence-corrected chi connectivity index (χ3v) is 6.63. The van der Waals surface area contributed by atoms with Crippen molar-refractivity contribution in [2.45, 2.75) is 26.3 Å². The van der Waals surface area contributed by atoms with E-state index in [1.54, 1.807) is 7.05 Å². The van der Waals surface area contributed by atoms with Gasteiger partial charge in [-0.3, -0.25) is 19.5 Å². The van der Waals surface area contributed by atoms with Gasteiger partial charge < -0.3 is 19.9 Å². The molecule has 1 fully saturated rings. The van der Waals surface area contributed by atoms with Gasteiger partial charge in [-0.05, 0) is 36.2 Å². The molecule has 1 amide bonds. The number of benzene rings is 1. The van der Waals surface area contributed by atoms with Crippen molar-refractivity contribution in [3.63, 3.8) is 0 Å². The van der Waals surface area contributed by atoms with E-state index in [9.17, 15) is 9.59 Å². The zero-order chi connectivity index (χ0) is 22.9. The van der Waals surface area contributed by atoms with Gasteiger partial charge in [0.05, 0.1) is 23.2 Å². The number of hydrogen-bond acceptors (Lipinski definition) is 6. The molecule has 3 aromatic rings. The highest BCUT2D eigenvalue weighted by molar-refractivity contribution is 5.98. The molecule has 0 saturated carbocycles. The first-order valence-electron chi connectivity index (χ1n) is 11.6. The van der Waals surface area contributed by atoms with Crippen LogP contribution in [0.3, 0.4) is 0 Å². The zero-order valence-electron chi connectivity index (χ0n) is 19.1. The standard InChI is InChI=1S/C25H29N5O3/c1-3-17-13-20-21(28-24(17)31)12-16(14-27-20)15-29-7-9-30(10-8-29)22-5-4-19(25(32)26-2)23-18(22)6-11-33-23/h4-5,12-14H,3,6-11,15H2,1-2H3,(H,26,32)(H,28,31). The quantitative estimate of drug-likeness (QED) is 0.623. The number of hydrogen-bond donors (Lipinski definition) is 2. The van der Waals surface area contributed by atoms with E-state index in [4.69, 9.17) is 4.74 Å². The first-order valence-corrected chi connectivity index (χ1v) is 11.6. The van der Waals surface area contributed by atoms with E-state index in [1.165, 1.54) is 5.69 Å². The monoisotopic (exact) mass is 447 g/mol. The smallest absolute Gasteiger partial charge is 0.254 e. The third-order valence-electron chi connectivity index (χ3n) is 6.63. The molecule has 0 radical (unpaired) electrons. The minimum Gasteiger partial charge on any atom is -0.492 e. The molecule has 5 rings (SSSR count). The number of carbonyl (C=O) groups excluding carboxylic acids is 1. The number of H-pyrrole nitrogens is 1. The van der Waals surface area contributed by atoms with Gasteiger partial charge in [-0.15, -0.1) is 0 Å². The second-order valence-corrected chi connectivity index (χ2v) is 8.63. The Kier molecular flexibility index (Phi) is 5.76. The van der Waals surface area contributed by atoms with Crippen molar-refractivity contribution in [1.29, 1.82) is 0 Å². The van der Waals surface area contributed by atoms with E-state index < -0.39 is 0 Å². The SMILES string of the molecule is CCc1cc2ncc(CN3CCN(c4ccc(C(=O)NC)c5c4CCO5)CC3)cc2[nH]c1=O. The molecule has 0 atom stereocenters. The lowest BCUT2D eigenvalue weighted by Gasteiger charge is -2.37. The number of ether oxygens (including phenoxy) is 1. The van der Waals surface area contributed by atoms with E-state index >= 15 is 0 Å². The fourth-order valence-electron chi connectivity index (χ4n) is 4.81. The molecule has 1 saturated heterocycles. The Hall–Kier alpha value is -3.39. The second-order valence-electron chi connectivity index (χ2n) is 8.63. The first kappa shape index (κ1) is 21.5. The van der Waals surface area contributed by atoms with Crippen molar-refractivity contribution in [1.82, 2.24) is 20.2 Å². The predicted octanol–water partition coefficient (Wildman–Crippen LogP) is 2.10. The van der Waals surface area contributed by atoms with Crippen molar-refractivity contribution in [2.24, 2.45) is 0 Å². The van der Waals surface area contributed by atoms with Crippen LogP contribution in [0.1, 0.15) is 34.0 Å². The lowest BCUT2D eigenvalue weighted by molar-refractivity contribution is 0.0960. The molecular weight excluding hydrogens is 418 g/mol. The number of amides is 1. The average molecular weight is 448 g/mol. The lowest BCUT2D eigenvalue weighted by Crippen LogP contribution is -2.46. The summed E-state index contributed by atoms with van der Waals surface area (Å²) >= 11 is 0. The largest absolute Gasteiger partial charge is 0.492 e. The van der Waals surface area contributed by atoms with Gasteiger partial charge in [0.2, 0.25) is 0 Å². The second kappa shape index (κ2) is 8.86. The molecule has 0 bridgehead atoms. The van der Waals surface area contributed by atoms with E-state index in [2.05, 4.69) is 31.2 Å². The molecule has 33 heavy (non-hydrogen) atoms. The fraction of sp³-hybridized carbons (Fsp3) is 0.400. The van der Waals surface area contributed by atoms with Crippen LogP contribution in [0.4, 0.5) is 5.69 Å². The van der Waals surface area contributed by atoms with E-state index in [0.717, 1.165) is 72.6 Å². The summed E-state index contributed by atoms with van der Waals surface area (Å²) in [4.78, 5) is 36.7. The number of rotatable bonds is 5. The molecule has 2 aliphatic heterocycles. The Bertz CT molecular complexity index is 1260. The highest BCUT2D eigenvalue weighted by atomic mass is 16.5. The Morgan fingerprint density at radius 2 is 2.03 bits per heavy atom. The van der Waals surface area contributed by atoms with Crippen molar-refractivity contribution in [3.8, 4) is 5.75 Å². The van der Waals surface area contributed by atoms with Crippen LogP contribution in [0, 0.1) is 0 Å². The molecule has 2 aliphatic rings. The van der Waals surface area contributed by atoms with Gasteiger partial charge in [0, 0.05) is 69.2 Å². The minimum atomic E-state index is -0.110. The normalized spacial score (nSPS) is 16.0. The van der Waals surface area contributed by atoms with Crippen LogP contribution in [-0.4, -0.2) is 60.6 Å². The highest BCUT2D eigenvalue weighted by Gasteiger charge is 2.27. The fourth-order valence-corrected chi connectivity index (χ4v) is 4.81. The molecule has 0 aliphatic carbocycles. The summed E-state index contributed by atoms with van der Waals surface area (Å²) in [7, 11) is 1.64. The summed E-state index contributed by atoms with van der Waals surface area (Å²) in [6.07, 6.45) is 3.44.